The summed E-state index contributed by atoms with van der Waals surface area (Å²) in [5.74, 6) is -0.232. The highest BCUT2D eigenvalue weighted by Gasteiger charge is 2.18. The van der Waals surface area contributed by atoms with Crippen molar-refractivity contribution in [3.05, 3.63) is 63.2 Å². The molecule has 2 N–H and O–H groups in total. The van der Waals surface area contributed by atoms with Gasteiger partial charge in [-0.3, -0.25) is 14.9 Å². The molecule has 0 heterocycles. The lowest BCUT2D eigenvalue weighted by Gasteiger charge is -2.17. The van der Waals surface area contributed by atoms with Gasteiger partial charge < -0.3 is 10.6 Å². The van der Waals surface area contributed by atoms with E-state index in [0.29, 0.717) is 11.3 Å². The topological polar surface area (TPSA) is 84.3 Å². The predicted octanol–water partition coefficient (Wildman–Crippen LogP) is 3.83. The second kappa shape index (κ2) is 6.93. The van der Waals surface area contributed by atoms with Gasteiger partial charge in [0.15, 0.2) is 0 Å². The van der Waals surface area contributed by atoms with Crippen LogP contribution >= 0.6 is 0 Å². The number of anilines is 2. The fourth-order valence-electron chi connectivity index (χ4n) is 3.17. The van der Waals surface area contributed by atoms with E-state index in [2.05, 4.69) is 22.8 Å². The number of nitrogens with zero attached hydrogens (tertiary/aromatic N) is 1. The lowest BCUT2D eigenvalue weighted by atomic mass is 10.1. The van der Waals surface area contributed by atoms with Gasteiger partial charge in [0.25, 0.3) is 5.69 Å². The molecule has 1 aliphatic rings. The summed E-state index contributed by atoms with van der Waals surface area (Å²) in [7, 11) is 0. The summed E-state index contributed by atoms with van der Waals surface area (Å²) in [4.78, 5) is 23.0. The van der Waals surface area contributed by atoms with Crippen LogP contribution in [-0.2, 0) is 17.6 Å². The number of hydrogen-bond acceptors (Lipinski definition) is 4. The van der Waals surface area contributed by atoms with Crippen molar-refractivity contribution in [2.24, 2.45) is 0 Å². The number of carbonyl (C=O) groups is 1. The summed E-state index contributed by atoms with van der Waals surface area (Å²) >= 11 is 0. The monoisotopic (exact) mass is 339 g/mol. The average molecular weight is 339 g/mol. The molecule has 0 aromatic heterocycles. The smallest absolute Gasteiger partial charge is 0.274 e. The standard InChI is InChI=1S/C19H21N3O3/c1-12-17(7-4-8-18(12)22(24)25)21-19(23)13(2)20-16-10-9-14-5-3-6-15(14)11-16/h4,7-11,13,20H,3,5-6H2,1-2H3,(H,21,23)/t13-/m1/s1. The molecule has 25 heavy (non-hydrogen) atoms. The number of rotatable bonds is 5. The maximum Gasteiger partial charge on any atom is 0.274 e. The van der Waals surface area contributed by atoms with E-state index in [9.17, 15) is 14.9 Å². The Labute approximate surface area is 146 Å². The van der Waals surface area contributed by atoms with Crippen molar-refractivity contribution in [1.82, 2.24) is 0 Å². The van der Waals surface area contributed by atoms with E-state index in [1.807, 2.05) is 6.07 Å². The molecule has 0 unspecified atom stereocenters. The number of aryl methyl sites for hydroxylation is 2. The van der Waals surface area contributed by atoms with Crippen molar-refractivity contribution >= 4 is 23.0 Å². The quantitative estimate of drug-likeness (QED) is 0.640. The molecule has 0 bridgehead atoms. The zero-order valence-corrected chi connectivity index (χ0v) is 14.3. The number of amides is 1. The molecule has 0 radical (unpaired) electrons. The zero-order valence-electron chi connectivity index (χ0n) is 14.3. The normalized spacial score (nSPS) is 13.8. The Hall–Kier alpha value is -2.89. The molecular weight excluding hydrogens is 318 g/mol. The van der Waals surface area contributed by atoms with Gasteiger partial charge in [0, 0.05) is 11.8 Å². The highest BCUT2D eigenvalue weighted by atomic mass is 16.6. The molecule has 1 amide bonds. The van der Waals surface area contributed by atoms with Gasteiger partial charge in [-0.2, -0.15) is 0 Å². The van der Waals surface area contributed by atoms with Crippen LogP contribution in [-0.4, -0.2) is 16.9 Å². The summed E-state index contributed by atoms with van der Waals surface area (Å²) in [5.41, 5.74) is 4.55. The number of benzene rings is 2. The Balaban J connectivity index is 1.69. The summed E-state index contributed by atoms with van der Waals surface area (Å²) in [5, 5.41) is 17.0. The first-order valence-corrected chi connectivity index (χ1v) is 8.39. The van der Waals surface area contributed by atoms with Crippen LogP contribution in [0.3, 0.4) is 0 Å². The summed E-state index contributed by atoms with van der Waals surface area (Å²) < 4.78 is 0. The van der Waals surface area contributed by atoms with E-state index >= 15 is 0 Å². The van der Waals surface area contributed by atoms with Crippen LogP contribution in [0, 0.1) is 17.0 Å². The maximum atomic E-state index is 12.4. The van der Waals surface area contributed by atoms with Crippen LogP contribution in [0.15, 0.2) is 36.4 Å². The lowest BCUT2D eigenvalue weighted by molar-refractivity contribution is -0.385. The van der Waals surface area contributed by atoms with Crippen molar-refractivity contribution in [1.29, 1.82) is 0 Å². The van der Waals surface area contributed by atoms with Gasteiger partial charge in [0.1, 0.15) is 6.04 Å². The minimum absolute atomic E-state index is 0.00275. The highest BCUT2D eigenvalue weighted by Crippen LogP contribution is 2.26. The molecule has 130 valence electrons. The third kappa shape index (κ3) is 3.63. The Morgan fingerprint density at radius 1 is 1.20 bits per heavy atom. The van der Waals surface area contributed by atoms with E-state index in [0.717, 1.165) is 18.5 Å². The first-order chi connectivity index (χ1) is 12.0. The SMILES string of the molecule is Cc1c(NC(=O)[C@@H](C)Nc2ccc3c(c2)CCC3)cccc1[N+](=O)[O-]. The molecule has 0 spiro atoms. The van der Waals surface area contributed by atoms with E-state index < -0.39 is 11.0 Å². The largest absolute Gasteiger partial charge is 0.374 e. The third-order valence-electron chi connectivity index (χ3n) is 4.63. The van der Waals surface area contributed by atoms with Gasteiger partial charge >= 0.3 is 0 Å². The number of nitro benzene ring substituents is 1. The van der Waals surface area contributed by atoms with E-state index in [4.69, 9.17) is 0 Å². The maximum absolute atomic E-state index is 12.4. The Morgan fingerprint density at radius 2 is 1.96 bits per heavy atom. The fourth-order valence-corrected chi connectivity index (χ4v) is 3.17. The number of hydrogen-bond donors (Lipinski definition) is 2. The van der Waals surface area contributed by atoms with Crippen molar-refractivity contribution in [3.8, 4) is 0 Å². The van der Waals surface area contributed by atoms with Crippen molar-refractivity contribution in [3.63, 3.8) is 0 Å². The lowest BCUT2D eigenvalue weighted by Crippen LogP contribution is -2.32. The van der Waals surface area contributed by atoms with Gasteiger partial charge in [0.2, 0.25) is 5.91 Å². The molecule has 2 aromatic rings. The van der Waals surface area contributed by atoms with Crippen LogP contribution in [0.1, 0.15) is 30.0 Å². The Kier molecular flexibility index (Phi) is 4.70. The van der Waals surface area contributed by atoms with Crippen molar-refractivity contribution in [2.75, 3.05) is 10.6 Å². The second-order valence-corrected chi connectivity index (χ2v) is 6.40. The van der Waals surface area contributed by atoms with Crippen LogP contribution in [0.2, 0.25) is 0 Å². The second-order valence-electron chi connectivity index (χ2n) is 6.40. The average Bonchev–Trinajstić information content (AvgIpc) is 3.04. The van der Waals surface area contributed by atoms with Gasteiger partial charge in [-0.05, 0) is 62.4 Å². The molecule has 1 atom stereocenters. The minimum Gasteiger partial charge on any atom is -0.374 e. The molecule has 1 aliphatic carbocycles. The number of carbonyl (C=O) groups excluding carboxylic acids is 1. The first kappa shape index (κ1) is 17.0. The highest BCUT2D eigenvalue weighted by molar-refractivity contribution is 5.97. The molecule has 0 fully saturated rings. The zero-order chi connectivity index (χ0) is 18.0. The van der Waals surface area contributed by atoms with Crippen LogP contribution in [0.25, 0.3) is 0 Å². The van der Waals surface area contributed by atoms with Crippen molar-refractivity contribution in [2.45, 2.75) is 39.2 Å². The van der Waals surface area contributed by atoms with E-state index in [1.165, 1.54) is 23.6 Å². The van der Waals surface area contributed by atoms with Crippen LogP contribution < -0.4 is 10.6 Å². The van der Waals surface area contributed by atoms with Gasteiger partial charge in [-0.15, -0.1) is 0 Å². The third-order valence-corrected chi connectivity index (χ3v) is 4.63. The Morgan fingerprint density at radius 3 is 2.72 bits per heavy atom. The van der Waals surface area contributed by atoms with Crippen LogP contribution in [0.5, 0.6) is 0 Å². The summed E-state index contributed by atoms with van der Waals surface area (Å²) in [6.45, 7) is 3.40. The number of nitro groups is 1. The van der Waals surface area contributed by atoms with E-state index in [1.54, 1.807) is 26.0 Å². The van der Waals surface area contributed by atoms with Gasteiger partial charge in [0.05, 0.1) is 16.2 Å². The predicted molar refractivity (Wildman–Crippen MR) is 98.0 cm³/mol. The molecule has 0 saturated carbocycles. The molecule has 6 nitrogen and oxygen atoms in total. The first-order valence-electron chi connectivity index (χ1n) is 8.39. The summed E-state index contributed by atoms with van der Waals surface area (Å²) in [6.07, 6.45) is 3.39. The molecule has 0 saturated heterocycles. The summed E-state index contributed by atoms with van der Waals surface area (Å²) in [6, 6.07) is 10.4. The molecular formula is C19H21N3O3. The Bertz CT molecular complexity index is 833. The van der Waals surface area contributed by atoms with E-state index in [-0.39, 0.29) is 11.6 Å². The van der Waals surface area contributed by atoms with Crippen LogP contribution in [0.4, 0.5) is 17.1 Å². The van der Waals surface area contributed by atoms with Gasteiger partial charge in [-0.25, -0.2) is 0 Å². The fraction of sp³-hybridized carbons (Fsp3) is 0.316. The molecule has 2 aromatic carbocycles. The van der Waals surface area contributed by atoms with Gasteiger partial charge in [-0.1, -0.05) is 12.1 Å². The number of fused-ring (bicyclic) bond motifs is 1. The molecule has 6 heteroatoms. The minimum atomic E-state index is -0.460. The number of nitrogens with one attached hydrogen (secondary N) is 2. The molecule has 3 rings (SSSR count). The van der Waals surface area contributed by atoms with Crippen molar-refractivity contribution < 1.29 is 9.72 Å². The molecule has 0 aliphatic heterocycles.